The van der Waals surface area contributed by atoms with Crippen molar-refractivity contribution in [3.63, 3.8) is 0 Å². The molecule has 12 heteroatoms. The molecule has 0 unspecified atom stereocenters. The van der Waals surface area contributed by atoms with E-state index >= 15 is 0 Å². The van der Waals surface area contributed by atoms with Crippen LogP contribution in [-0.4, -0.2) is 59.1 Å². The van der Waals surface area contributed by atoms with Crippen LogP contribution in [0.25, 0.3) is 10.9 Å². The second-order valence-electron chi connectivity index (χ2n) is 8.13. The number of imide groups is 1. The highest BCUT2D eigenvalue weighted by Gasteiger charge is 2.32. The van der Waals surface area contributed by atoms with Crippen molar-refractivity contribution in [2.75, 3.05) is 12.4 Å². The van der Waals surface area contributed by atoms with Gasteiger partial charge in [0.1, 0.15) is 12.4 Å². The maximum absolute atomic E-state index is 11.9. The van der Waals surface area contributed by atoms with E-state index in [1.54, 1.807) is 6.20 Å². The van der Waals surface area contributed by atoms with Crippen molar-refractivity contribution in [3.05, 3.63) is 41.6 Å². The molecule has 11 nitrogen and oxygen atoms in total. The SMILES string of the molecule is O=C(CCCc1cnc2cc(CCCC(=O)ON3C(=O)CCC3=O)ccc2c1)OCCS(=O)(=O)O. The van der Waals surface area contributed by atoms with E-state index in [9.17, 15) is 27.6 Å². The summed E-state index contributed by atoms with van der Waals surface area (Å²) >= 11 is 0. The lowest BCUT2D eigenvalue weighted by atomic mass is 10.0. The fraction of sp³-hybridized carbons (Fsp3) is 0.435. The van der Waals surface area contributed by atoms with Crippen LogP contribution < -0.4 is 0 Å². The summed E-state index contributed by atoms with van der Waals surface area (Å²) in [5.74, 6) is -2.79. The van der Waals surface area contributed by atoms with Gasteiger partial charge in [-0.1, -0.05) is 12.1 Å². The van der Waals surface area contributed by atoms with Crippen LogP contribution in [0.2, 0.25) is 0 Å². The number of pyridine rings is 1. The Bertz CT molecular complexity index is 1210. The molecule has 1 N–H and O–H groups in total. The Morgan fingerprint density at radius 1 is 0.971 bits per heavy atom. The number of benzene rings is 1. The zero-order chi connectivity index (χ0) is 25.4. The van der Waals surface area contributed by atoms with E-state index in [1.165, 1.54) is 0 Å². The summed E-state index contributed by atoms with van der Waals surface area (Å²) in [4.78, 5) is 55.8. The first kappa shape index (κ1) is 26.2. The number of hydrogen-bond donors (Lipinski definition) is 1. The first-order valence-corrected chi connectivity index (χ1v) is 12.8. The summed E-state index contributed by atoms with van der Waals surface area (Å²) in [5, 5.41) is 1.47. The molecule has 0 spiro atoms. The Morgan fingerprint density at radius 2 is 1.63 bits per heavy atom. The zero-order valence-corrected chi connectivity index (χ0v) is 19.8. The quantitative estimate of drug-likeness (QED) is 0.256. The Kier molecular flexibility index (Phi) is 8.88. The maximum Gasteiger partial charge on any atom is 0.333 e. The number of amides is 2. The number of esters is 1. The number of ether oxygens (including phenoxy) is 1. The number of rotatable bonds is 12. The molecule has 1 fully saturated rings. The molecule has 1 aliphatic heterocycles. The Morgan fingerprint density at radius 3 is 2.31 bits per heavy atom. The summed E-state index contributed by atoms with van der Waals surface area (Å²) < 4.78 is 34.6. The van der Waals surface area contributed by atoms with E-state index < -0.39 is 39.6 Å². The number of hydrogen-bond acceptors (Lipinski definition) is 9. The van der Waals surface area contributed by atoms with Crippen LogP contribution in [0.5, 0.6) is 0 Å². The molecule has 0 saturated carbocycles. The van der Waals surface area contributed by atoms with Gasteiger partial charge in [0.25, 0.3) is 21.9 Å². The average molecular weight is 507 g/mol. The molecule has 35 heavy (non-hydrogen) atoms. The summed E-state index contributed by atoms with van der Waals surface area (Å²) in [6.07, 6.45) is 4.19. The van der Waals surface area contributed by atoms with Crippen molar-refractivity contribution >= 4 is 44.8 Å². The lowest BCUT2D eigenvalue weighted by Crippen LogP contribution is -2.31. The van der Waals surface area contributed by atoms with Gasteiger partial charge in [0.2, 0.25) is 0 Å². The van der Waals surface area contributed by atoms with Crippen LogP contribution >= 0.6 is 0 Å². The van der Waals surface area contributed by atoms with Gasteiger partial charge in [-0.2, -0.15) is 8.42 Å². The lowest BCUT2D eigenvalue weighted by molar-refractivity contribution is -0.197. The fourth-order valence-electron chi connectivity index (χ4n) is 3.52. The van der Waals surface area contributed by atoms with Gasteiger partial charge in [-0.15, -0.1) is 5.06 Å². The largest absolute Gasteiger partial charge is 0.464 e. The number of aromatic nitrogens is 1. The van der Waals surface area contributed by atoms with Crippen molar-refractivity contribution in [2.45, 2.75) is 51.4 Å². The van der Waals surface area contributed by atoms with Gasteiger partial charge in [-0.05, 0) is 48.9 Å². The molecule has 0 atom stereocenters. The third-order valence-corrected chi connectivity index (χ3v) is 5.98. The summed E-state index contributed by atoms with van der Waals surface area (Å²) in [5.41, 5.74) is 2.70. The normalized spacial score (nSPS) is 13.9. The van der Waals surface area contributed by atoms with Gasteiger partial charge in [-0.3, -0.25) is 23.9 Å². The van der Waals surface area contributed by atoms with Crippen molar-refractivity contribution in [1.82, 2.24) is 10.0 Å². The van der Waals surface area contributed by atoms with Crippen LogP contribution in [0, 0.1) is 0 Å². The minimum Gasteiger partial charge on any atom is -0.464 e. The van der Waals surface area contributed by atoms with Gasteiger partial charge >= 0.3 is 11.9 Å². The first-order chi connectivity index (χ1) is 16.6. The predicted molar refractivity (Wildman–Crippen MR) is 122 cm³/mol. The van der Waals surface area contributed by atoms with Crippen LogP contribution in [0.15, 0.2) is 30.5 Å². The van der Waals surface area contributed by atoms with E-state index in [-0.39, 0.29) is 32.3 Å². The number of carbonyl (C=O) groups is 4. The summed E-state index contributed by atoms with van der Waals surface area (Å²) in [6, 6.07) is 7.74. The Labute approximate surface area is 202 Å². The van der Waals surface area contributed by atoms with Crippen LogP contribution in [0.1, 0.15) is 49.7 Å². The molecule has 1 aromatic carbocycles. The summed E-state index contributed by atoms with van der Waals surface area (Å²) in [7, 11) is -4.15. The minimum absolute atomic E-state index is 0.0597. The van der Waals surface area contributed by atoms with E-state index in [4.69, 9.17) is 14.1 Å². The Balaban J connectivity index is 1.42. The van der Waals surface area contributed by atoms with Gasteiger partial charge in [0, 0.05) is 37.3 Å². The second-order valence-corrected chi connectivity index (χ2v) is 9.70. The van der Waals surface area contributed by atoms with Crippen LogP contribution in [0.3, 0.4) is 0 Å². The molecule has 2 heterocycles. The predicted octanol–water partition coefficient (Wildman–Crippen LogP) is 1.92. The first-order valence-electron chi connectivity index (χ1n) is 11.2. The Hall–Kier alpha value is -3.38. The zero-order valence-electron chi connectivity index (χ0n) is 19.0. The number of hydroxylamine groups is 2. The molecule has 3 rings (SSSR count). The molecule has 1 aliphatic rings. The van der Waals surface area contributed by atoms with Gasteiger partial charge in [0.15, 0.2) is 0 Å². The maximum atomic E-state index is 11.9. The molecular weight excluding hydrogens is 480 g/mol. The van der Waals surface area contributed by atoms with E-state index in [0.29, 0.717) is 30.7 Å². The average Bonchev–Trinajstić information content (AvgIpc) is 3.10. The monoisotopic (exact) mass is 506 g/mol. The van der Waals surface area contributed by atoms with Crippen LogP contribution in [0.4, 0.5) is 0 Å². The third-order valence-electron chi connectivity index (χ3n) is 5.30. The standard InChI is InChI=1S/C23H26N2O9S/c26-20-9-10-21(27)25(20)34-23(29)6-1-3-16-7-8-18-13-17(15-24-19(18)14-16)4-2-5-22(28)33-11-12-35(30,31)32/h7-8,13-15H,1-6,9-12H2,(H,30,31,32). The van der Waals surface area contributed by atoms with Gasteiger partial charge < -0.3 is 9.57 Å². The van der Waals surface area contributed by atoms with E-state index in [2.05, 4.69) is 4.98 Å². The number of fused-ring (bicyclic) bond motifs is 1. The number of aryl methyl sites for hydroxylation is 2. The summed E-state index contributed by atoms with van der Waals surface area (Å²) in [6.45, 7) is -0.378. The van der Waals surface area contributed by atoms with E-state index in [1.807, 2.05) is 24.3 Å². The molecule has 0 bridgehead atoms. The van der Waals surface area contributed by atoms with Gasteiger partial charge in [0.05, 0.1) is 5.52 Å². The molecule has 188 valence electrons. The third kappa shape index (κ3) is 8.41. The molecular formula is C23H26N2O9S. The topological polar surface area (TPSA) is 157 Å². The minimum atomic E-state index is -4.15. The fourth-order valence-corrected chi connectivity index (χ4v) is 3.81. The molecule has 1 aromatic heterocycles. The van der Waals surface area contributed by atoms with Crippen LogP contribution in [-0.2, 0) is 51.7 Å². The lowest BCUT2D eigenvalue weighted by Gasteiger charge is -2.12. The molecule has 1 saturated heterocycles. The highest BCUT2D eigenvalue weighted by atomic mass is 32.2. The van der Waals surface area contributed by atoms with Crippen molar-refractivity contribution in [2.24, 2.45) is 0 Å². The highest BCUT2D eigenvalue weighted by Crippen LogP contribution is 2.19. The molecule has 0 radical (unpaired) electrons. The van der Waals surface area contributed by atoms with Crippen molar-refractivity contribution < 1.29 is 41.7 Å². The molecule has 2 amide bonds. The number of nitrogens with zero attached hydrogens (tertiary/aromatic N) is 2. The van der Waals surface area contributed by atoms with E-state index in [0.717, 1.165) is 22.0 Å². The molecule has 0 aliphatic carbocycles. The number of carbonyl (C=O) groups excluding carboxylic acids is 4. The van der Waals surface area contributed by atoms with Crippen molar-refractivity contribution in [3.8, 4) is 0 Å². The smallest absolute Gasteiger partial charge is 0.333 e. The highest BCUT2D eigenvalue weighted by molar-refractivity contribution is 7.85. The van der Waals surface area contributed by atoms with Crippen molar-refractivity contribution in [1.29, 1.82) is 0 Å². The second kappa shape index (κ2) is 11.8. The van der Waals surface area contributed by atoms with Gasteiger partial charge in [-0.25, -0.2) is 4.79 Å². The molecule has 2 aromatic rings.